The highest BCUT2D eigenvalue weighted by Gasteiger charge is 2.65. The number of rotatable bonds is 12. The average Bonchev–Trinajstić information content (AvgIpc) is 3.23. The quantitative estimate of drug-likeness (QED) is 0.110. The Bertz CT molecular complexity index is 1490. The molecular weight excluding hydrogens is 637 g/mol. The molecule has 11 nitrogen and oxygen atoms in total. The minimum atomic E-state index is -9.77. The number of primary amides is 1. The summed E-state index contributed by atoms with van der Waals surface area (Å²) in [7, 11) is -9.77. The molecule has 4 amide bonds. The highest BCUT2D eigenvalue weighted by atomic mass is 32.5. The maximum Gasteiger partial charge on any atom is 0.411 e. The molecule has 0 unspecified atom stereocenters. The fourth-order valence-electron chi connectivity index (χ4n) is 4.97. The SMILES string of the molecule is C[C@@]12C[C@@H]1N(C(=O)CNC(=O)CCCOc1ccc(S(F)(F)(F)(F)F)cc1)[C@H](C(=O)NCc1cc(C(=N)OC(N)=O)cs1)C2. The van der Waals surface area contributed by atoms with E-state index in [2.05, 4.69) is 15.4 Å². The third-order valence-corrected chi connectivity index (χ3v) is 9.40. The van der Waals surface area contributed by atoms with Gasteiger partial charge in [-0.25, -0.2) is 4.79 Å². The number of likely N-dealkylation sites (tertiary alicyclic amines) is 1. The molecule has 2 aromatic rings. The first-order valence-corrected chi connectivity index (χ1v) is 16.0. The van der Waals surface area contributed by atoms with Gasteiger partial charge in [-0.2, -0.15) is 0 Å². The number of ether oxygens (including phenoxy) is 2. The molecule has 4 rings (SSSR count). The van der Waals surface area contributed by atoms with Gasteiger partial charge in [0.1, 0.15) is 16.7 Å². The van der Waals surface area contributed by atoms with Crippen LogP contribution in [0.5, 0.6) is 5.75 Å². The molecule has 242 valence electrons. The normalized spacial score (nSPS) is 22.2. The Morgan fingerprint density at radius 2 is 1.80 bits per heavy atom. The van der Waals surface area contributed by atoms with Crippen molar-refractivity contribution in [3.63, 3.8) is 0 Å². The second kappa shape index (κ2) is 11.2. The number of piperidine rings is 1. The number of halogens is 5. The van der Waals surface area contributed by atoms with Gasteiger partial charge >= 0.3 is 16.3 Å². The number of nitrogens with two attached hydrogens (primary N) is 1. The first-order chi connectivity index (χ1) is 20.3. The first kappa shape index (κ1) is 33.0. The van der Waals surface area contributed by atoms with Crippen LogP contribution < -0.4 is 21.1 Å². The van der Waals surface area contributed by atoms with Crippen LogP contribution in [0.4, 0.5) is 24.2 Å². The molecule has 1 aliphatic heterocycles. The lowest BCUT2D eigenvalue weighted by molar-refractivity contribution is -0.140. The van der Waals surface area contributed by atoms with Gasteiger partial charge in [0, 0.05) is 28.3 Å². The molecule has 2 fully saturated rings. The van der Waals surface area contributed by atoms with E-state index in [0.29, 0.717) is 16.9 Å². The number of benzene rings is 1. The smallest absolute Gasteiger partial charge is 0.411 e. The third-order valence-electron chi connectivity index (χ3n) is 7.30. The summed E-state index contributed by atoms with van der Waals surface area (Å²) in [5.41, 5.74) is 5.03. The van der Waals surface area contributed by atoms with E-state index in [9.17, 15) is 38.6 Å². The van der Waals surface area contributed by atoms with Crippen molar-refractivity contribution < 1.29 is 48.1 Å². The molecule has 0 radical (unpaired) electrons. The van der Waals surface area contributed by atoms with Crippen LogP contribution in [0.25, 0.3) is 0 Å². The summed E-state index contributed by atoms with van der Waals surface area (Å²) in [6, 6.07) is 2.71. The van der Waals surface area contributed by atoms with Crippen LogP contribution in [-0.2, 0) is 25.7 Å². The van der Waals surface area contributed by atoms with Crippen molar-refractivity contribution in [2.75, 3.05) is 13.2 Å². The Balaban J connectivity index is 1.21. The minimum Gasteiger partial charge on any atom is -0.494 e. The van der Waals surface area contributed by atoms with Crippen molar-refractivity contribution in [1.29, 1.82) is 5.41 Å². The molecule has 1 saturated heterocycles. The zero-order valence-electron chi connectivity index (χ0n) is 23.2. The molecular formula is C26H30F5N5O6S2. The van der Waals surface area contributed by atoms with Crippen molar-refractivity contribution in [2.24, 2.45) is 11.1 Å². The number of carbonyl (C=O) groups is 4. The summed E-state index contributed by atoms with van der Waals surface area (Å²) in [6.07, 6.45) is 0.128. The van der Waals surface area contributed by atoms with E-state index < -0.39 is 45.0 Å². The number of nitrogens with zero attached hydrogens (tertiary/aromatic N) is 1. The van der Waals surface area contributed by atoms with Crippen molar-refractivity contribution in [3.8, 4) is 5.75 Å². The summed E-state index contributed by atoms with van der Waals surface area (Å²) < 4.78 is 73.8. The fourth-order valence-corrected chi connectivity index (χ4v) is 6.43. The van der Waals surface area contributed by atoms with Crippen molar-refractivity contribution >= 4 is 51.3 Å². The van der Waals surface area contributed by atoms with Crippen LogP contribution in [0.3, 0.4) is 0 Å². The molecule has 1 saturated carbocycles. The number of fused-ring (bicyclic) bond motifs is 1. The number of hydrogen-bond donors (Lipinski definition) is 4. The second-order valence-corrected chi connectivity index (χ2v) is 14.2. The molecule has 1 aromatic heterocycles. The van der Waals surface area contributed by atoms with Crippen molar-refractivity contribution in [3.05, 3.63) is 46.2 Å². The second-order valence-electron chi connectivity index (χ2n) is 10.8. The lowest BCUT2D eigenvalue weighted by Gasteiger charge is -2.40. The van der Waals surface area contributed by atoms with Crippen LogP contribution in [0.2, 0.25) is 0 Å². The monoisotopic (exact) mass is 667 g/mol. The van der Waals surface area contributed by atoms with Crippen LogP contribution in [0.1, 0.15) is 43.0 Å². The number of nitrogens with one attached hydrogen (secondary N) is 3. The van der Waals surface area contributed by atoms with E-state index in [1.165, 1.54) is 16.2 Å². The van der Waals surface area contributed by atoms with E-state index in [1.54, 1.807) is 11.4 Å². The van der Waals surface area contributed by atoms with Crippen molar-refractivity contribution in [2.45, 2.75) is 56.1 Å². The van der Waals surface area contributed by atoms with Gasteiger partial charge in [0.25, 0.3) is 0 Å². The van der Waals surface area contributed by atoms with Gasteiger partial charge in [0.15, 0.2) is 0 Å². The number of hydrogen-bond acceptors (Lipinski definition) is 8. The predicted octanol–water partition coefficient (Wildman–Crippen LogP) is 4.80. The zero-order chi connectivity index (χ0) is 32.6. The molecule has 1 aliphatic carbocycles. The zero-order valence-corrected chi connectivity index (χ0v) is 24.9. The van der Waals surface area contributed by atoms with Crippen LogP contribution in [-0.4, -0.2) is 59.8 Å². The lowest BCUT2D eigenvalue weighted by atomic mass is 10.0. The molecule has 2 heterocycles. The van der Waals surface area contributed by atoms with Gasteiger partial charge in [-0.3, -0.25) is 19.8 Å². The summed E-state index contributed by atoms with van der Waals surface area (Å²) in [4.78, 5) is 49.3. The summed E-state index contributed by atoms with van der Waals surface area (Å²) in [6.45, 7) is 1.66. The molecule has 0 bridgehead atoms. The Kier molecular flexibility index (Phi) is 8.40. The maximum absolute atomic E-state index is 13.0. The number of amides is 4. The van der Waals surface area contributed by atoms with Crippen LogP contribution >= 0.6 is 21.6 Å². The van der Waals surface area contributed by atoms with Gasteiger partial charge in [0.05, 0.1) is 19.7 Å². The maximum atomic E-state index is 13.0. The molecule has 1 aromatic carbocycles. The van der Waals surface area contributed by atoms with E-state index in [4.69, 9.17) is 15.9 Å². The third kappa shape index (κ3) is 8.16. The number of carbonyl (C=O) groups excluding carboxylic acids is 4. The van der Waals surface area contributed by atoms with Gasteiger partial charge in [-0.15, -0.1) is 11.3 Å². The predicted molar refractivity (Wildman–Crippen MR) is 151 cm³/mol. The van der Waals surface area contributed by atoms with Gasteiger partial charge in [-0.1, -0.05) is 26.4 Å². The summed E-state index contributed by atoms with van der Waals surface area (Å²) in [5.74, 6) is -1.79. The van der Waals surface area contributed by atoms with Gasteiger partial charge in [0.2, 0.25) is 23.6 Å². The standard InChI is InChI=1S/C26H30F5N5O6S2/c1-26-10-19(24(39)35-12-17-9-15(14-43-17)23(32)42-25(33)40)36(20(26)11-26)22(38)13-34-21(37)3-2-8-41-16-4-6-18(7-5-16)44(27,28,29,30)31/h4-7,9,14,19-20,32H,2-3,8,10-13H2,1H3,(H2,33,40)(H,34,37)(H,35,39)/t19-,20-,26+/m0/s1. The summed E-state index contributed by atoms with van der Waals surface area (Å²) >= 11 is 1.23. The molecule has 18 heteroatoms. The van der Waals surface area contributed by atoms with Gasteiger partial charge in [-0.05, 0) is 55.0 Å². The molecule has 2 aliphatic rings. The Morgan fingerprint density at radius 1 is 1.11 bits per heavy atom. The Hall–Kier alpha value is -3.93. The fraction of sp³-hybridized carbons (Fsp3) is 0.423. The molecule has 0 spiro atoms. The Labute approximate surface area is 252 Å². The minimum absolute atomic E-state index is 0.0758. The van der Waals surface area contributed by atoms with E-state index >= 15 is 0 Å². The average molecular weight is 668 g/mol. The summed E-state index contributed by atoms with van der Waals surface area (Å²) in [5, 5.41) is 14.6. The van der Waals surface area contributed by atoms with Gasteiger partial charge < -0.3 is 30.7 Å². The Morgan fingerprint density at radius 3 is 2.43 bits per heavy atom. The largest absolute Gasteiger partial charge is 0.494 e. The topological polar surface area (TPSA) is 164 Å². The van der Waals surface area contributed by atoms with Crippen molar-refractivity contribution in [1.82, 2.24) is 15.5 Å². The number of thiophene rings is 1. The van der Waals surface area contributed by atoms with E-state index in [0.717, 1.165) is 18.6 Å². The lowest BCUT2D eigenvalue weighted by Crippen LogP contribution is -2.50. The van der Waals surface area contributed by atoms with Crippen LogP contribution in [0, 0.1) is 10.8 Å². The first-order valence-electron chi connectivity index (χ1n) is 13.2. The van der Waals surface area contributed by atoms with E-state index in [1.807, 2.05) is 6.92 Å². The van der Waals surface area contributed by atoms with Crippen LogP contribution in [0.15, 0.2) is 40.6 Å². The van der Waals surface area contributed by atoms with E-state index in [-0.39, 0.29) is 67.8 Å². The molecule has 5 N–H and O–H groups in total. The molecule has 44 heavy (non-hydrogen) atoms. The molecule has 3 atom stereocenters. The highest BCUT2D eigenvalue weighted by molar-refractivity contribution is 8.45. The highest BCUT2D eigenvalue weighted by Crippen LogP contribution is 3.02.